The molecule has 1 amide bonds. The molecule has 1 atom stereocenters. The molecule has 1 rings (SSSR count). The van der Waals surface area contributed by atoms with Gasteiger partial charge < -0.3 is 11.1 Å². The van der Waals surface area contributed by atoms with Crippen molar-refractivity contribution in [1.29, 1.82) is 0 Å². The monoisotopic (exact) mass is 317 g/mol. The molecular weight excluding hydrogens is 297 g/mol. The lowest BCUT2D eigenvalue weighted by Crippen LogP contribution is -2.45. The van der Waals surface area contributed by atoms with Gasteiger partial charge in [0.25, 0.3) is 0 Å². The maximum absolute atomic E-state index is 12.3. The zero-order valence-electron chi connectivity index (χ0n) is 12.2. The second-order valence-electron chi connectivity index (χ2n) is 4.95. The minimum Gasteiger partial charge on any atom is -0.399 e. The van der Waals surface area contributed by atoms with Crippen molar-refractivity contribution in [2.24, 2.45) is 0 Å². The molecule has 0 saturated heterocycles. The normalized spacial score (nSPS) is 12.8. The zero-order valence-corrected chi connectivity index (χ0v) is 13.7. The summed E-state index contributed by atoms with van der Waals surface area (Å²) in [6, 6.07) is 3.13. The van der Waals surface area contributed by atoms with Crippen molar-refractivity contribution in [3.05, 3.63) is 22.2 Å². The second kappa shape index (κ2) is 7.16. The Kier molecular flexibility index (Phi) is 6.11. The minimum absolute atomic E-state index is 0.144. The third-order valence-electron chi connectivity index (χ3n) is 3.22. The highest BCUT2D eigenvalue weighted by Gasteiger charge is 2.23. The molecule has 0 bridgehead atoms. The number of likely N-dealkylation sites (N-methyl/N-ethyl adjacent to an activating group) is 1. The van der Waals surface area contributed by atoms with Gasteiger partial charge in [-0.1, -0.05) is 30.1 Å². The first kappa shape index (κ1) is 17.1. The van der Waals surface area contributed by atoms with Crippen molar-refractivity contribution in [2.45, 2.75) is 39.8 Å². The van der Waals surface area contributed by atoms with Crippen LogP contribution in [-0.4, -0.2) is 29.4 Å². The van der Waals surface area contributed by atoms with Gasteiger partial charge in [-0.25, -0.2) is 0 Å². The van der Waals surface area contributed by atoms with E-state index < -0.39 is 0 Å². The fourth-order valence-corrected chi connectivity index (χ4v) is 2.78. The average Bonchev–Trinajstić information content (AvgIpc) is 2.33. The van der Waals surface area contributed by atoms with Crippen LogP contribution in [0.5, 0.6) is 0 Å². The highest BCUT2D eigenvalue weighted by Crippen LogP contribution is 2.33. The number of anilines is 2. The number of halogens is 2. The van der Waals surface area contributed by atoms with Crippen molar-refractivity contribution < 1.29 is 4.79 Å². The summed E-state index contributed by atoms with van der Waals surface area (Å²) in [5, 5.41) is 3.45. The topological polar surface area (TPSA) is 58.4 Å². The Morgan fingerprint density at radius 3 is 2.20 bits per heavy atom. The van der Waals surface area contributed by atoms with E-state index in [9.17, 15) is 4.79 Å². The van der Waals surface area contributed by atoms with E-state index in [2.05, 4.69) is 24.1 Å². The molecule has 4 nitrogen and oxygen atoms in total. The Morgan fingerprint density at radius 2 is 1.80 bits per heavy atom. The number of rotatable bonds is 5. The first-order chi connectivity index (χ1) is 9.27. The van der Waals surface area contributed by atoms with Gasteiger partial charge in [0.05, 0.1) is 21.8 Å². The van der Waals surface area contributed by atoms with Crippen LogP contribution < -0.4 is 11.1 Å². The van der Waals surface area contributed by atoms with Gasteiger partial charge in [0.15, 0.2) is 0 Å². The van der Waals surface area contributed by atoms with Gasteiger partial charge in [-0.3, -0.25) is 9.69 Å². The molecule has 6 heteroatoms. The summed E-state index contributed by atoms with van der Waals surface area (Å²) in [5.41, 5.74) is 6.50. The van der Waals surface area contributed by atoms with Gasteiger partial charge in [-0.05, 0) is 39.4 Å². The molecule has 0 aliphatic heterocycles. The SMILES string of the molecule is CCN(C(C)C)C(C)C(=O)Nc1c(Cl)cc(N)cc1Cl. The van der Waals surface area contributed by atoms with Gasteiger partial charge in [-0.15, -0.1) is 0 Å². The van der Waals surface area contributed by atoms with Crippen LogP contribution in [0.4, 0.5) is 11.4 Å². The van der Waals surface area contributed by atoms with Gasteiger partial charge in [0, 0.05) is 11.7 Å². The van der Waals surface area contributed by atoms with Gasteiger partial charge in [0.1, 0.15) is 0 Å². The molecule has 0 heterocycles. The van der Waals surface area contributed by atoms with E-state index in [1.807, 2.05) is 13.8 Å². The van der Waals surface area contributed by atoms with Crippen molar-refractivity contribution in [2.75, 3.05) is 17.6 Å². The number of carbonyl (C=O) groups is 1. The summed E-state index contributed by atoms with van der Waals surface area (Å²) in [7, 11) is 0. The molecule has 0 radical (unpaired) electrons. The summed E-state index contributed by atoms with van der Waals surface area (Å²) < 4.78 is 0. The number of nitrogen functional groups attached to an aromatic ring is 1. The number of hydrogen-bond acceptors (Lipinski definition) is 3. The van der Waals surface area contributed by atoms with Gasteiger partial charge in [0.2, 0.25) is 5.91 Å². The number of nitrogens with one attached hydrogen (secondary N) is 1. The van der Waals surface area contributed by atoms with Crippen LogP contribution in [0.1, 0.15) is 27.7 Å². The van der Waals surface area contributed by atoms with Crippen LogP contribution >= 0.6 is 23.2 Å². The van der Waals surface area contributed by atoms with E-state index in [0.717, 1.165) is 6.54 Å². The van der Waals surface area contributed by atoms with Crippen LogP contribution in [0.15, 0.2) is 12.1 Å². The molecule has 0 spiro atoms. The minimum atomic E-state index is -0.273. The van der Waals surface area contributed by atoms with Crippen molar-refractivity contribution >= 4 is 40.5 Å². The third-order valence-corrected chi connectivity index (χ3v) is 3.81. The summed E-state index contributed by atoms with van der Waals surface area (Å²) in [6.07, 6.45) is 0. The number of nitrogens with zero attached hydrogens (tertiary/aromatic N) is 1. The number of amides is 1. The largest absolute Gasteiger partial charge is 0.399 e. The lowest BCUT2D eigenvalue weighted by molar-refractivity contribution is -0.121. The molecule has 20 heavy (non-hydrogen) atoms. The number of carbonyl (C=O) groups excluding carboxylic acids is 1. The van der Waals surface area contributed by atoms with Crippen molar-refractivity contribution in [3.63, 3.8) is 0 Å². The number of hydrogen-bond donors (Lipinski definition) is 2. The van der Waals surface area contributed by atoms with E-state index in [1.54, 1.807) is 12.1 Å². The Hall–Kier alpha value is -0.970. The van der Waals surface area contributed by atoms with Crippen LogP contribution in [0, 0.1) is 0 Å². The number of nitrogens with two attached hydrogens (primary N) is 1. The van der Waals surface area contributed by atoms with Crippen LogP contribution in [0.3, 0.4) is 0 Å². The predicted molar refractivity (Wildman–Crippen MR) is 86.5 cm³/mol. The first-order valence-corrected chi connectivity index (χ1v) is 7.34. The van der Waals surface area contributed by atoms with Gasteiger partial charge in [-0.2, -0.15) is 0 Å². The molecule has 1 aromatic carbocycles. The van der Waals surface area contributed by atoms with Crippen molar-refractivity contribution in [1.82, 2.24) is 4.90 Å². The molecule has 0 fully saturated rings. The molecule has 0 aliphatic rings. The predicted octanol–water partition coefficient (Wildman–Crippen LogP) is 3.63. The molecule has 0 aromatic heterocycles. The van der Waals surface area contributed by atoms with E-state index in [4.69, 9.17) is 28.9 Å². The zero-order chi connectivity index (χ0) is 15.4. The quantitative estimate of drug-likeness (QED) is 0.815. The van der Waals surface area contributed by atoms with Crippen LogP contribution in [0.25, 0.3) is 0 Å². The molecule has 3 N–H and O–H groups in total. The Labute approximate surface area is 130 Å². The first-order valence-electron chi connectivity index (χ1n) is 6.59. The molecule has 0 aliphatic carbocycles. The fraction of sp³-hybridized carbons (Fsp3) is 0.500. The Morgan fingerprint density at radius 1 is 1.30 bits per heavy atom. The lowest BCUT2D eigenvalue weighted by atomic mass is 10.2. The smallest absolute Gasteiger partial charge is 0.241 e. The highest BCUT2D eigenvalue weighted by molar-refractivity contribution is 6.40. The molecular formula is C14H21Cl2N3O. The van der Waals surface area contributed by atoms with Crippen LogP contribution in [0.2, 0.25) is 10.0 Å². The molecule has 1 unspecified atom stereocenters. The third kappa shape index (κ3) is 4.01. The van der Waals surface area contributed by atoms with Crippen LogP contribution in [-0.2, 0) is 4.79 Å². The lowest BCUT2D eigenvalue weighted by Gasteiger charge is -2.30. The fourth-order valence-electron chi connectivity index (χ4n) is 2.18. The summed E-state index contributed by atoms with van der Waals surface area (Å²) in [6.45, 7) is 8.77. The molecule has 112 valence electrons. The summed E-state index contributed by atoms with van der Waals surface area (Å²) in [4.78, 5) is 14.4. The molecule has 0 saturated carbocycles. The maximum Gasteiger partial charge on any atom is 0.241 e. The second-order valence-corrected chi connectivity index (χ2v) is 5.76. The van der Waals surface area contributed by atoms with E-state index >= 15 is 0 Å². The summed E-state index contributed by atoms with van der Waals surface area (Å²) in [5.74, 6) is -0.144. The van der Waals surface area contributed by atoms with Crippen molar-refractivity contribution in [3.8, 4) is 0 Å². The van der Waals surface area contributed by atoms with E-state index in [0.29, 0.717) is 21.4 Å². The summed E-state index contributed by atoms with van der Waals surface area (Å²) >= 11 is 12.1. The number of benzene rings is 1. The molecule has 1 aromatic rings. The van der Waals surface area contributed by atoms with Gasteiger partial charge >= 0.3 is 0 Å². The Bertz CT molecular complexity index is 468. The average molecular weight is 318 g/mol. The highest BCUT2D eigenvalue weighted by atomic mass is 35.5. The Balaban J connectivity index is 2.91. The standard InChI is InChI=1S/C14H21Cl2N3O/c1-5-19(8(2)3)9(4)14(20)18-13-11(15)6-10(17)7-12(13)16/h6-9H,5,17H2,1-4H3,(H,18,20). The van der Waals surface area contributed by atoms with E-state index in [1.165, 1.54) is 0 Å². The van der Waals surface area contributed by atoms with E-state index in [-0.39, 0.29) is 18.0 Å². The maximum atomic E-state index is 12.3.